The first-order valence-corrected chi connectivity index (χ1v) is 27.3. The van der Waals surface area contributed by atoms with E-state index in [9.17, 15) is 0 Å². The molecule has 0 spiro atoms. The molecule has 4 rings (SSSR count). The second-order valence-electron chi connectivity index (χ2n) is 17.9. The molecule has 0 saturated heterocycles. The first-order chi connectivity index (χ1) is 26.5. The summed E-state index contributed by atoms with van der Waals surface area (Å²) in [4.78, 5) is 0. The Balaban J connectivity index is 1.44. The van der Waals surface area contributed by atoms with Crippen LogP contribution in [-0.4, -0.2) is 50.6 Å². The van der Waals surface area contributed by atoms with Gasteiger partial charge in [-0.3, -0.25) is 0 Å². The van der Waals surface area contributed by atoms with Gasteiger partial charge in [-0.15, -0.1) is 13.2 Å². The monoisotopic (exact) mass is 806 g/mol. The molecule has 4 aromatic rings. The Labute approximate surface area is 343 Å². The third-order valence-electron chi connectivity index (χ3n) is 11.2. The summed E-state index contributed by atoms with van der Waals surface area (Å²) in [7, 11) is -7.90. The van der Waals surface area contributed by atoms with Crippen molar-refractivity contribution in [2.75, 3.05) is 13.2 Å². The summed E-state index contributed by atoms with van der Waals surface area (Å²) < 4.78 is 28.4. The van der Waals surface area contributed by atoms with Gasteiger partial charge in [0.15, 0.2) is 0 Å². The summed E-state index contributed by atoms with van der Waals surface area (Å²) >= 11 is 0. The molecular weight excluding hydrogens is 737 g/mol. The Bertz CT molecular complexity index is 1670. The lowest BCUT2D eigenvalue weighted by Gasteiger charge is -2.44. The molecule has 0 fully saturated rings. The molecule has 0 bridgehead atoms. The van der Waals surface area contributed by atoms with Gasteiger partial charge in [0.2, 0.25) is 0 Å². The van der Waals surface area contributed by atoms with Crippen molar-refractivity contribution in [3.8, 4) is 0 Å². The number of rotatable bonds is 21. The van der Waals surface area contributed by atoms with Gasteiger partial charge in [0.1, 0.15) is 0 Å². The van der Waals surface area contributed by atoms with Crippen molar-refractivity contribution in [2.24, 2.45) is 11.8 Å². The molecule has 4 aromatic carbocycles. The molecule has 1 unspecified atom stereocenters. The van der Waals surface area contributed by atoms with Crippen molar-refractivity contribution < 1.29 is 17.7 Å². The summed E-state index contributed by atoms with van der Waals surface area (Å²) in [6, 6.07) is 43.4. The van der Waals surface area contributed by atoms with Gasteiger partial charge in [-0.25, -0.2) is 0 Å². The molecule has 302 valence electrons. The molecule has 0 aliphatic heterocycles. The Morgan fingerprint density at radius 3 is 1.30 bits per heavy atom. The fourth-order valence-electron chi connectivity index (χ4n) is 8.37. The minimum atomic E-state index is -2.70. The van der Waals surface area contributed by atoms with Crippen LogP contribution in [0.2, 0.25) is 23.2 Å². The van der Waals surface area contributed by atoms with E-state index >= 15 is 0 Å². The van der Waals surface area contributed by atoms with Crippen molar-refractivity contribution in [3.05, 3.63) is 147 Å². The highest BCUT2D eigenvalue weighted by Gasteiger charge is 2.51. The zero-order valence-corrected chi connectivity index (χ0v) is 39.1. The number of hydrogen-bond acceptors (Lipinski definition) is 4. The van der Waals surface area contributed by atoms with Gasteiger partial charge in [0.05, 0.1) is 12.2 Å². The molecular formula is C49H70O4Si3. The Kier molecular flexibility index (Phi) is 16.3. The highest BCUT2D eigenvalue weighted by Crippen LogP contribution is 2.39. The molecule has 0 heterocycles. The minimum Gasteiger partial charge on any atom is -0.407 e. The van der Waals surface area contributed by atoms with E-state index in [0.29, 0.717) is 13.2 Å². The van der Waals surface area contributed by atoms with Crippen molar-refractivity contribution in [3.63, 3.8) is 0 Å². The lowest BCUT2D eigenvalue weighted by atomic mass is 9.94. The van der Waals surface area contributed by atoms with E-state index in [0.717, 1.165) is 19.3 Å². The molecule has 4 atom stereocenters. The van der Waals surface area contributed by atoms with Crippen molar-refractivity contribution in [2.45, 2.75) is 110 Å². The third kappa shape index (κ3) is 10.9. The van der Waals surface area contributed by atoms with Crippen molar-refractivity contribution in [1.82, 2.24) is 0 Å². The molecule has 0 aromatic heterocycles. The van der Waals surface area contributed by atoms with E-state index < -0.39 is 25.2 Å². The van der Waals surface area contributed by atoms with E-state index in [1.807, 2.05) is 12.2 Å². The topological polar surface area (TPSA) is 36.9 Å². The average Bonchev–Trinajstić information content (AvgIpc) is 3.18. The Morgan fingerprint density at radius 1 is 0.554 bits per heavy atom. The molecule has 0 saturated carbocycles. The first kappa shape index (κ1) is 45.6. The summed E-state index contributed by atoms with van der Waals surface area (Å²) in [6.07, 6.45) is 6.50. The summed E-state index contributed by atoms with van der Waals surface area (Å²) in [5.41, 5.74) is 0. The lowest BCUT2D eigenvalue weighted by molar-refractivity contribution is 0.0306. The molecule has 0 N–H and O–H groups in total. The highest BCUT2D eigenvalue weighted by atomic mass is 28.4. The van der Waals surface area contributed by atoms with E-state index in [-0.39, 0.29) is 34.1 Å². The maximum absolute atomic E-state index is 7.37. The van der Waals surface area contributed by atoms with Gasteiger partial charge in [0.25, 0.3) is 16.6 Å². The quantitative estimate of drug-likeness (QED) is 0.0478. The van der Waals surface area contributed by atoms with Gasteiger partial charge in [-0.05, 0) is 69.1 Å². The van der Waals surface area contributed by atoms with Crippen molar-refractivity contribution in [1.29, 1.82) is 0 Å². The second kappa shape index (κ2) is 20.0. The fourth-order valence-corrected chi connectivity index (χ4v) is 19.7. The van der Waals surface area contributed by atoms with Crippen LogP contribution in [0.1, 0.15) is 74.7 Å². The zero-order chi connectivity index (χ0) is 41.0. The van der Waals surface area contributed by atoms with E-state index in [4.69, 9.17) is 17.7 Å². The Hall–Kier alpha value is -3.15. The van der Waals surface area contributed by atoms with Crippen LogP contribution in [-0.2, 0) is 17.7 Å². The normalized spacial score (nSPS) is 15.1. The van der Waals surface area contributed by atoms with E-state index in [1.54, 1.807) is 0 Å². The van der Waals surface area contributed by atoms with Gasteiger partial charge in [0, 0.05) is 19.1 Å². The largest absolute Gasteiger partial charge is 0.407 e. The SMILES string of the molecule is C=CC(CCCCO[Si](c1ccccc1)(c1ccccc1)C(C)(C)C)O[Si](C)(C)O[C@@H]([C@H](C)C=C)[C@@H](C)CO[Si](c1ccccc1)(c1ccccc1)C(C)(C)C. The average molecular weight is 807 g/mol. The van der Waals surface area contributed by atoms with Gasteiger partial charge >= 0.3 is 8.56 Å². The van der Waals surface area contributed by atoms with Crippen LogP contribution in [0.3, 0.4) is 0 Å². The molecule has 0 aliphatic rings. The van der Waals surface area contributed by atoms with Gasteiger partial charge in [-0.1, -0.05) is 189 Å². The summed E-state index contributed by atoms with van der Waals surface area (Å²) in [6.45, 7) is 32.4. The molecule has 0 radical (unpaired) electrons. The fraction of sp³-hybridized carbons (Fsp3) is 0.429. The number of unbranched alkanes of at least 4 members (excludes halogenated alkanes) is 1. The van der Waals surface area contributed by atoms with Crippen molar-refractivity contribution >= 4 is 45.9 Å². The predicted octanol–water partition coefficient (Wildman–Crippen LogP) is 10.4. The molecule has 0 amide bonds. The maximum atomic E-state index is 7.37. The summed E-state index contributed by atoms with van der Waals surface area (Å²) in [5.74, 6) is 0.213. The van der Waals surface area contributed by atoms with Crippen LogP contribution in [0.15, 0.2) is 147 Å². The van der Waals surface area contributed by atoms with Gasteiger partial charge in [-0.2, -0.15) is 0 Å². The molecule has 0 aliphatic carbocycles. The Morgan fingerprint density at radius 2 is 0.946 bits per heavy atom. The van der Waals surface area contributed by atoms with Crippen LogP contribution in [0.5, 0.6) is 0 Å². The maximum Gasteiger partial charge on any atom is 0.332 e. The zero-order valence-electron chi connectivity index (χ0n) is 36.1. The van der Waals surface area contributed by atoms with E-state index in [1.165, 1.54) is 20.7 Å². The smallest absolute Gasteiger partial charge is 0.332 e. The molecule has 4 nitrogen and oxygen atoms in total. The molecule has 7 heteroatoms. The standard InChI is InChI=1S/C49H70O4Si3/c1-13-40(3)47(41(4)39-51-56(49(8,9)10,45-34-23-17-24-35-45)46-36-25-18-26-37-46)53-54(11,12)52-42(14-2)29-27-28-38-50-55(48(5,6)7,43-30-19-15-20-31-43)44-32-21-16-22-33-44/h13-26,30-37,40-42,47H,1-2,27-29,38-39H2,3-12H3/t40-,41+,42?,47+/m1/s1. The van der Waals surface area contributed by atoms with Gasteiger partial charge < -0.3 is 17.7 Å². The lowest BCUT2D eigenvalue weighted by Crippen LogP contribution is -2.67. The van der Waals surface area contributed by atoms with Crippen LogP contribution in [0.4, 0.5) is 0 Å². The van der Waals surface area contributed by atoms with E-state index in [2.05, 4.69) is 203 Å². The predicted molar refractivity (Wildman–Crippen MR) is 247 cm³/mol. The minimum absolute atomic E-state index is 0.0454. The van der Waals surface area contributed by atoms with Crippen LogP contribution in [0, 0.1) is 11.8 Å². The van der Waals surface area contributed by atoms with Crippen LogP contribution >= 0.6 is 0 Å². The summed E-state index contributed by atoms with van der Waals surface area (Å²) in [5, 5.41) is 5.04. The second-order valence-corrected chi connectivity index (χ2v) is 29.8. The molecule has 56 heavy (non-hydrogen) atoms. The van der Waals surface area contributed by atoms with Crippen LogP contribution in [0.25, 0.3) is 0 Å². The highest BCUT2D eigenvalue weighted by molar-refractivity contribution is 7.00. The number of hydrogen-bond donors (Lipinski definition) is 0. The number of benzene rings is 4. The van der Waals surface area contributed by atoms with Crippen LogP contribution < -0.4 is 20.7 Å². The first-order valence-electron chi connectivity index (χ1n) is 20.6. The third-order valence-corrected chi connectivity index (χ3v) is 22.9.